The SMILES string of the molecule is CC(C)N(C(C)C)P(O)(O)(Cl)NCCC#N. The van der Waals surface area contributed by atoms with E-state index < -0.39 is 6.71 Å². The van der Waals surface area contributed by atoms with E-state index in [0.717, 1.165) is 0 Å². The van der Waals surface area contributed by atoms with Gasteiger partial charge < -0.3 is 0 Å². The zero-order valence-electron chi connectivity index (χ0n) is 10.2. The maximum absolute atomic E-state index is 10.2. The summed E-state index contributed by atoms with van der Waals surface area (Å²) in [6, 6.07) is 1.69. The Kier molecular flexibility index (Phi) is 5.61. The third-order valence-corrected chi connectivity index (χ3v) is 5.48. The molecule has 0 heterocycles. The van der Waals surface area contributed by atoms with Gasteiger partial charge in [0.05, 0.1) is 0 Å². The molecule has 0 bridgehead atoms. The molecule has 0 atom stereocenters. The van der Waals surface area contributed by atoms with Gasteiger partial charge in [-0.1, -0.05) is 0 Å². The van der Waals surface area contributed by atoms with Crippen LogP contribution in [0, 0.1) is 11.3 Å². The Labute approximate surface area is 102 Å². The van der Waals surface area contributed by atoms with E-state index in [1.54, 1.807) is 0 Å². The van der Waals surface area contributed by atoms with Gasteiger partial charge in [0.1, 0.15) is 0 Å². The fraction of sp³-hybridized carbons (Fsp3) is 0.889. The van der Waals surface area contributed by atoms with Crippen LogP contribution in [-0.4, -0.2) is 33.1 Å². The molecule has 0 saturated carbocycles. The number of hydrogen-bond acceptors (Lipinski definition) is 5. The van der Waals surface area contributed by atoms with E-state index in [1.807, 2.05) is 33.8 Å². The molecule has 0 aromatic heterocycles. The van der Waals surface area contributed by atoms with Crippen molar-refractivity contribution >= 4 is 18.0 Å². The van der Waals surface area contributed by atoms with Gasteiger partial charge in [0.25, 0.3) is 0 Å². The van der Waals surface area contributed by atoms with E-state index in [0.29, 0.717) is 0 Å². The van der Waals surface area contributed by atoms with E-state index in [-0.39, 0.29) is 25.0 Å². The molecule has 0 aromatic rings. The van der Waals surface area contributed by atoms with E-state index in [9.17, 15) is 9.79 Å². The monoisotopic (exact) mass is 269 g/mol. The third kappa shape index (κ3) is 4.50. The average Bonchev–Trinajstić information content (AvgIpc) is 1.99. The number of hydrogen-bond donors (Lipinski definition) is 3. The molecule has 0 aliphatic rings. The summed E-state index contributed by atoms with van der Waals surface area (Å²) in [5, 5.41) is 10.9. The first kappa shape index (κ1) is 16.1. The summed E-state index contributed by atoms with van der Waals surface area (Å²) >= 11 is 5.93. The fourth-order valence-corrected chi connectivity index (χ4v) is 5.40. The first-order valence-electron chi connectivity index (χ1n) is 5.25. The van der Waals surface area contributed by atoms with Crippen LogP contribution in [0.4, 0.5) is 0 Å². The number of halogens is 1. The minimum atomic E-state index is -4.57. The molecule has 7 heteroatoms. The normalized spacial score (nSPS) is 15.2. The zero-order valence-corrected chi connectivity index (χ0v) is 11.8. The molecule has 0 aliphatic heterocycles. The van der Waals surface area contributed by atoms with Crippen LogP contribution in [0.2, 0.25) is 0 Å². The van der Waals surface area contributed by atoms with Crippen LogP contribution in [-0.2, 0) is 0 Å². The van der Waals surface area contributed by atoms with Gasteiger partial charge in [-0.2, -0.15) is 0 Å². The molecule has 0 spiro atoms. The molecular formula is C9H21ClN3O2P. The van der Waals surface area contributed by atoms with E-state index in [4.69, 9.17) is 16.5 Å². The van der Waals surface area contributed by atoms with Crippen LogP contribution in [0.3, 0.4) is 0 Å². The molecule has 0 aliphatic carbocycles. The zero-order chi connectivity index (χ0) is 13.0. The second-order valence-electron chi connectivity index (χ2n) is 4.26. The summed E-state index contributed by atoms with van der Waals surface area (Å²) < 4.78 is 1.45. The van der Waals surface area contributed by atoms with Gasteiger partial charge in [0.2, 0.25) is 0 Å². The van der Waals surface area contributed by atoms with Crippen LogP contribution < -0.4 is 5.09 Å². The van der Waals surface area contributed by atoms with Gasteiger partial charge in [0.15, 0.2) is 0 Å². The summed E-state index contributed by atoms with van der Waals surface area (Å²) in [5.74, 6) is 0. The molecule has 0 amide bonds. The molecule has 16 heavy (non-hydrogen) atoms. The summed E-state index contributed by atoms with van der Waals surface area (Å²) in [5.41, 5.74) is 0. The van der Waals surface area contributed by atoms with Crippen LogP contribution >= 0.6 is 18.0 Å². The number of rotatable bonds is 6. The average molecular weight is 270 g/mol. The van der Waals surface area contributed by atoms with Gasteiger partial charge in [-0.25, -0.2) is 0 Å². The van der Waals surface area contributed by atoms with Gasteiger partial charge in [-0.05, 0) is 0 Å². The fourth-order valence-electron chi connectivity index (χ4n) is 1.80. The van der Waals surface area contributed by atoms with E-state index in [2.05, 4.69) is 5.09 Å². The summed E-state index contributed by atoms with van der Waals surface area (Å²) in [6.45, 7) is 2.93. The molecule has 0 aromatic carbocycles. The molecule has 96 valence electrons. The Morgan fingerprint density at radius 1 is 1.31 bits per heavy atom. The predicted molar refractivity (Wildman–Crippen MR) is 67.6 cm³/mol. The van der Waals surface area contributed by atoms with Gasteiger partial charge in [-0.3, -0.25) is 0 Å². The Hall–Kier alpha value is 0.0500. The summed E-state index contributed by atoms with van der Waals surface area (Å²) in [7, 11) is 0. The van der Waals surface area contributed by atoms with Crippen molar-refractivity contribution in [1.82, 2.24) is 9.76 Å². The van der Waals surface area contributed by atoms with Crippen molar-refractivity contribution < 1.29 is 9.79 Å². The Morgan fingerprint density at radius 2 is 1.75 bits per heavy atom. The quantitative estimate of drug-likeness (QED) is 0.507. The van der Waals surface area contributed by atoms with Crippen molar-refractivity contribution in [1.29, 1.82) is 5.26 Å². The van der Waals surface area contributed by atoms with Gasteiger partial charge in [0, 0.05) is 0 Å². The second-order valence-corrected chi connectivity index (χ2v) is 8.67. The minimum absolute atomic E-state index is 0.111. The van der Waals surface area contributed by atoms with Crippen LogP contribution in [0.15, 0.2) is 0 Å². The first-order valence-corrected chi connectivity index (χ1v) is 8.25. The van der Waals surface area contributed by atoms with Gasteiger partial charge in [-0.15, -0.1) is 0 Å². The van der Waals surface area contributed by atoms with Crippen molar-refractivity contribution in [2.75, 3.05) is 6.54 Å². The molecule has 0 rings (SSSR count). The summed E-state index contributed by atoms with van der Waals surface area (Å²) in [6.07, 6.45) is 0.176. The van der Waals surface area contributed by atoms with Gasteiger partial charge >= 0.3 is 102 Å². The third-order valence-electron chi connectivity index (χ3n) is 2.09. The molecule has 5 nitrogen and oxygen atoms in total. The van der Waals surface area contributed by atoms with Crippen molar-refractivity contribution in [3.05, 3.63) is 0 Å². The number of nitrogens with one attached hydrogen (secondary N) is 1. The van der Waals surface area contributed by atoms with Crippen molar-refractivity contribution in [3.63, 3.8) is 0 Å². The van der Waals surface area contributed by atoms with Crippen LogP contribution in [0.25, 0.3) is 0 Å². The first-order chi connectivity index (χ1) is 7.10. The standard InChI is InChI=1S/C9H21ClN3O2P/c1-8(2)13(9(3)4)16(10,14,15)12-7-5-6-11/h8-9,12,14-15H,5,7H2,1-4H3. The Bertz CT molecular complexity index is 262. The predicted octanol–water partition coefficient (Wildman–Crippen LogP) is 1.96. The molecule has 0 fully saturated rings. The Morgan fingerprint density at radius 3 is 2.06 bits per heavy atom. The topological polar surface area (TPSA) is 79.5 Å². The van der Waals surface area contributed by atoms with Crippen molar-refractivity contribution in [3.8, 4) is 6.07 Å². The van der Waals surface area contributed by atoms with E-state index in [1.165, 1.54) is 4.67 Å². The van der Waals surface area contributed by atoms with Crippen LogP contribution in [0.5, 0.6) is 0 Å². The van der Waals surface area contributed by atoms with Crippen LogP contribution in [0.1, 0.15) is 34.1 Å². The number of nitriles is 1. The molecule has 0 unspecified atom stereocenters. The molecule has 0 radical (unpaired) electrons. The second kappa shape index (κ2) is 5.59. The molecular weight excluding hydrogens is 249 g/mol. The molecule has 3 N–H and O–H groups in total. The summed E-state index contributed by atoms with van der Waals surface area (Å²) in [4.78, 5) is 20.3. The van der Waals surface area contributed by atoms with Crippen molar-refractivity contribution in [2.24, 2.45) is 0 Å². The number of nitrogens with zero attached hydrogens (tertiary/aromatic N) is 2. The Balaban J connectivity index is 4.86. The van der Waals surface area contributed by atoms with E-state index >= 15 is 0 Å². The maximum atomic E-state index is 10.2. The molecule has 0 saturated heterocycles. The van der Waals surface area contributed by atoms with Crippen molar-refractivity contribution in [2.45, 2.75) is 46.2 Å².